The van der Waals surface area contributed by atoms with Crippen molar-refractivity contribution in [3.8, 4) is 0 Å². The van der Waals surface area contributed by atoms with Gasteiger partial charge in [0.25, 0.3) is 0 Å². The van der Waals surface area contributed by atoms with E-state index in [0.29, 0.717) is 32.0 Å². The third-order valence-electron chi connectivity index (χ3n) is 1.70. The lowest BCUT2D eigenvalue weighted by molar-refractivity contribution is 1.31. The lowest BCUT2D eigenvalue weighted by atomic mass is 10.4. The molecule has 0 saturated carbocycles. The van der Waals surface area contributed by atoms with E-state index in [-0.39, 0.29) is 0 Å². The van der Waals surface area contributed by atoms with Crippen molar-refractivity contribution in [2.45, 2.75) is 0 Å². The Morgan fingerprint density at radius 3 is 1.64 bits per heavy atom. The van der Waals surface area contributed by atoms with Crippen molar-refractivity contribution in [3.63, 3.8) is 0 Å². The fraction of sp³-hybridized carbons (Fsp3) is 0.0909. The third-order valence-corrected chi connectivity index (χ3v) is 4.01. The highest BCUT2D eigenvalue weighted by Crippen LogP contribution is 2.24. The predicted molar refractivity (Wildman–Crippen MR) is 123 cm³/mol. The molecule has 0 fully saturated rings. The summed E-state index contributed by atoms with van der Waals surface area (Å²) < 4.78 is 1.93. The molecule has 122 valence electrons. The molecule has 0 aliphatic rings. The summed E-state index contributed by atoms with van der Waals surface area (Å²) in [6.07, 6.45) is 0. The zero-order valence-corrected chi connectivity index (χ0v) is 20.1. The van der Waals surface area contributed by atoms with E-state index in [1.54, 1.807) is 6.07 Å². The van der Waals surface area contributed by atoms with Gasteiger partial charge in [0.1, 0.15) is 20.6 Å². The highest BCUT2D eigenvalue weighted by Gasteiger charge is 2.03. The fourth-order valence-corrected chi connectivity index (χ4v) is 2.17. The summed E-state index contributed by atoms with van der Waals surface area (Å²) >= 11 is 28.7. The number of hydrogen-bond donors (Lipinski definition) is 2. The van der Waals surface area contributed by atoms with E-state index in [9.17, 15) is 0 Å². The second-order valence-electron chi connectivity index (χ2n) is 3.29. The zero-order valence-electron chi connectivity index (χ0n) is 10.6. The molecule has 0 aliphatic heterocycles. The number of nitrogens with zero attached hydrogens (tertiary/aromatic N) is 2. The maximum absolute atomic E-state index is 5.64. The van der Waals surface area contributed by atoms with Crippen molar-refractivity contribution in [2.75, 3.05) is 13.9 Å². The van der Waals surface area contributed by atoms with Crippen LogP contribution in [0.3, 0.4) is 0 Å². The second kappa shape index (κ2) is 12.6. The van der Waals surface area contributed by atoms with Crippen molar-refractivity contribution in [1.29, 1.82) is 0 Å². The molecule has 0 bridgehead atoms. The number of pyridine rings is 2. The number of nitrogen functional groups attached to an aromatic ring is 2. The summed E-state index contributed by atoms with van der Waals surface area (Å²) in [6, 6.07) is 4.64. The van der Waals surface area contributed by atoms with Crippen LogP contribution >= 0.6 is 114 Å². The minimum Gasteiger partial charge on any atom is -0.399 e. The number of alkyl halides is 2. The maximum atomic E-state index is 5.64. The Morgan fingerprint density at radius 1 is 0.864 bits per heavy atom. The van der Waals surface area contributed by atoms with Crippen LogP contribution in [0, 0.1) is 3.57 Å². The Hall–Kier alpha value is 1.25. The molecule has 0 aromatic carbocycles. The maximum Gasteiger partial charge on any atom is 0.146 e. The van der Waals surface area contributed by atoms with E-state index in [1.807, 2.05) is 22.6 Å². The molecule has 0 unspecified atom stereocenters. The summed E-state index contributed by atoms with van der Waals surface area (Å²) in [4.78, 5) is 7.46. The predicted octanol–water partition coefficient (Wildman–Crippen LogP) is 6.36. The van der Waals surface area contributed by atoms with Gasteiger partial charge in [-0.3, -0.25) is 0 Å². The molecule has 2 aromatic rings. The van der Waals surface area contributed by atoms with Crippen LogP contribution in [0.25, 0.3) is 0 Å². The minimum absolute atomic E-state index is 0.319. The largest absolute Gasteiger partial charge is 0.399 e. The Labute approximate surface area is 189 Å². The van der Waals surface area contributed by atoms with Crippen molar-refractivity contribution in [3.05, 3.63) is 42.4 Å². The molecule has 2 heterocycles. The molecule has 4 nitrogen and oxygen atoms in total. The quantitative estimate of drug-likeness (QED) is 0.189. The number of nitrogens with two attached hydrogens (primary N) is 2. The summed E-state index contributed by atoms with van der Waals surface area (Å²) in [6.45, 7) is 0. The van der Waals surface area contributed by atoms with Gasteiger partial charge in [-0.2, -0.15) is 0 Å². The number of halogens is 7. The molecule has 2 rings (SSSR count). The van der Waals surface area contributed by atoms with Crippen LogP contribution in [0.2, 0.25) is 20.6 Å². The number of anilines is 2. The first kappa shape index (κ1) is 23.2. The van der Waals surface area contributed by atoms with Gasteiger partial charge in [0.15, 0.2) is 0 Å². The standard InChI is InChI=1S/C5H3Cl2IN2.C5H4Cl2N2.CH2I2/c6-3-1-2(9)4(8)5(7)10-3;6-4-1-3(8)2-5(7)9-4;2-1-3/h1H,(H2,9,10);1-2H,(H2,8,9);1H2. The zero-order chi connectivity index (χ0) is 17.3. The number of rotatable bonds is 0. The van der Waals surface area contributed by atoms with Crippen LogP contribution in [-0.4, -0.2) is 12.4 Å². The number of hydrogen-bond acceptors (Lipinski definition) is 4. The van der Waals surface area contributed by atoms with E-state index in [2.05, 4.69) is 55.1 Å². The Morgan fingerprint density at radius 2 is 1.27 bits per heavy atom. The average Bonchev–Trinajstić information content (AvgIpc) is 2.35. The van der Waals surface area contributed by atoms with E-state index >= 15 is 0 Å². The Bertz CT molecular complexity index is 542. The normalized spacial score (nSPS) is 9.23. The summed E-state index contributed by atoms with van der Waals surface area (Å²) in [7, 11) is 0. The average molecular weight is 720 g/mol. The lowest BCUT2D eigenvalue weighted by Crippen LogP contribution is -1.92. The van der Waals surface area contributed by atoms with Gasteiger partial charge in [0, 0.05) is 5.69 Å². The fourth-order valence-electron chi connectivity index (χ4n) is 0.969. The second-order valence-corrected chi connectivity index (χ2v) is 10.3. The smallest absolute Gasteiger partial charge is 0.146 e. The van der Waals surface area contributed by atoms with E-state index in [1.165, 1.54) is 14.6 Å². The van der Waals surface area contributed by atoms with Gasteiger partial charge < -0.3 is 11.5 Å². The first-order valence-corrected chi connectivity index (χ1v) is 10.8. The van der Waals surface area contributed by atoms with Crippen LogP contribution in [0.15, 0.2) is 18.2 Å². The van der Waals surface area contributed by atoms with Crippen LogP contribution in [0.1, 0.15) is 0 Å². The molecule has 0 spiro atoms. The molecule has 0 aliphatic carbocycles. The molecule has 0 saturated heterocycles. The van der Waals surface area contributed by atoms with Crippen LogP contribution in [0.5, 0.6) is 0 Å². The molecule has 22 heavy (non-hydrogen) atoms. The molecular weight excluding hydrogens is 711 g/mol. The Kier molecular flexibility index (Phi) is 13.3. The molecule has 0 radical (unpaired) electrons. The van der Waals surface area contributed by atoms with Crippen molar-refractivity contribution in [2.24, 2.45) is 0 Å². The Balaban J connectivity index is 0.000000342. The minimum atomic E-state index is 0.319. The highest BCUT2D eigenvalue weighted by molar-refractivity contribution is 14.2. The van der Waals surface area contributed by atoms with E-state index < -0.39 is 0 Å². The molecule has 0 amide bonds. The molecule has 2 aromatic heterocycles. The molecule has 0 atom stereocenters. The van der Waals surface area contributed by atoms with Crippen LogP contribution in [0.4, 0.5) is 11.4 Å². The van der Waals surface area contributed by atoms with Gasteiger partial charge in [-0.15, -0.1) is 0 Å². The lowest BCUT2D eigenvalue weighted by Gasteiger charge is -1.98. The van der Waals surface area contributed by atoms with Crippen molar-refractivity contribution >= 4 is 126 Å². The van der Waals surface area contributed by atoms with Gasteiger partial charge in [-0.1, -0.05) is 91.6 Å². The van der Waals surface area contributed by atoms with E-state index in [4.69, 9.17) is 57.9 Å². The van der Waals surface area contributed by atoms with Gasteiger partial charge in [0.05, 0.1) is 11.7 Å². The summed E-state index contributed by atoms with van der Waals surface area (Å²) in [5, 5.41) is 1.31. The monoisotopic (exact) mass is 718 g/mol. The third kappa shape index (κ3) is 10.2. The van der Waals surface area contributed by atoms with Crippen LogP contribution < -0.4 is 11.5 Å². The van der Waals surface area contributed by atoms with Gasteiger partial charge in [-0.25, -0.2) is 9.97 Å². The number of aromatic nitrogens is 2. The van der Waals surface area contributed by atoms with Gasteiger partial charge in [0.2, 0.25) is 0 Å². The molecule has 11 heteroatoms. The van der Waals surface area contributed by atoms with Gasteiger partial charge in [-0.05, 0) is 40.8 Å². The first-order chi connectivity index (χ1) is 10.2. The van der Waals surface area contributed by atoms with Crippen LogP contribution in [-0.2, 0) is 0 Å². The van der Waals surface area contributed by atoms with Gasteiger partial charge >= 0.3 is 0 Å². The highest BCUT2D eigenvalue weighted by atomic mass is 127. The summed E-state index contributed by atoms with van der Waals surface area (Å²) in [5.41, 5.74) is 11.9. The van der Waals surface area contributed by atoms with Crippen molar-refractivity contribution < 1.29 is 0 Å². The van der Waals surface area contributed by atoms with E-state index in [0.717, 1.165) is 3.57 Å². The summed E-state index contributed by atoms with van der Waals surface area (Å²) in [5.74, 6) is 0. The SMILES string of the molecule is ICI.Nc1cc(Cl)nc(Cl)c1.Nc1cc(Cl)nc(Cl)c1I. The topological polar surface area (TPSA) is 77.8 Å². The molecular formula is C11H9Cl4I3N4. The molecule has 4 N–H and O–H groups in total. The first-order valence-electron chi connectivity index (χ1n) is 5.18. The van der Waals surface area contributed by atoms with Crippen molar-refractivity contribution in [1.82, 2.24) is 9.97 Å².